The lowest BCUT2D eigenvalue weighted by Crippen LogP contribution is -2.54. The zero-order valence-electron chi connectivity index (χ0n) is 24.6. The van der Waals surface area contributed by atoms with Crippen molar-refractivity contribution in [1.82, 2.24) is 26.3 Å². The molecule has 1 aromatic carbocycles. The maximum atomic E-state index is 13.4. The van der Waals surface area contributed by atoms with Crippen molar-refractivity contribution in [2.24, 2.45) is 11.8 Å². The maximum Gasteiger partial charge on any atom is 0.255 e. The molecule has 1 aliphatic heterocycles. The van der Waals surface area contributed by atoms with Gasteiger partial charge in [0.25, 0.3) is 5.91 Å². The number of ether oxygens (including phenoxy) is 1. The molecule has 0 spiro atoms. The summed E-state index contributed by atoms with van der Waals surface area (Å²) < 4.78 is 6.05. The number of benzene rings is 1. The van der Waals surface area contributed by atoms with Crippen molar-refractivity contribution in [3.63, 3.8) is 0 Å². The molecule has 4 amide bonds. The van der Waals surface area contributed by atoms with Crippen LogP contribution in [0.15, 0.2) is 29.6 Å². The Kier molecular flexibility index (Phi) is 12.1. The smallest absolute Gasteiger partial charge is 0.255 e. The fourth-order valence-electron chi connectivity index (χ4n) is 4.69. The number of nitrogens with one attached hydrogen (secondary N) is 4. The highest BCUT2D eigenvalue weighted by Gasteiger charge is 2.30. The third-order valence-corrected chi connectivity index (χ3v) is 7.60. The van der Waals surface area contributed by atoms with Crippen molar-refractivity contribution in [1.29, 1.82) is 0 Å². The van der Waals surface area contributed by atoms with E-state index in [1.807, 2.05) is 26.2 Å². The van der Waals surface area contributed by atoms with Gasteiger partial charge in [0, 0.05) is 24.0 Å². The molecule has 2 aromatic rings. The molecule has 0 fully saturated rings. The van der Waals surface area contributed by atoms with Crippen LogP contribution < -0.4 is 26.0 Å². The summed E-state index contributed by atoms with van der Waals surface area (Å²) in [6.07, 6.45) is 2.15. The van der Waals surface area contributed by atoms with Crippen molar-refractivity contribution in [2.45, 2.75) is 84.8 Å². The molecule has 0 unspecified atom stereocenters. The van der Waals surface area contributed by atoms with Crippen LogP contribution in [-0.4, -0.2) is 59.9 Å². The van der Waals surface area contributed by atoms with Gasteiger partial charge in [-0.2, -0.15) is 0 Å². The van der Waals surface area contributed by atoms with Gasteiger partial charge in [0.2, 0.25) is 17.7 Å². The predicted molar refractivity (Wildman–Crippen MR) is 159 cm³/mol. The molecule has 3 rings (SSSR count). The van der Waals surface area contributed by atoms with Crippen LogP contribution in [0, 0.1) is 18.8 Å². The Bertz CT molecular complexity index is 1200. The molecule has 41 heavy (non-hydrogen) atoms. The quantitative estimate of drug-likeness (QED) is 0.334. The number of nitrogens with zero attached hydrogens (tertiary/aromatic N) is 1. The molecule has 10 nitrogen and oxygen atoms in total. The number of aromatic nitrogens is 1. The first kappa shape index (κ1) is 32.0. The Morgan fingerprint density at radius 2 is 1.80 bits per heavy atom. The number of para-hydroxylation sites is 1. The average molecular weight is 586 g/mol. The molecule has 3 atom stereocenters. The molecular weight excluding hydrogens is 542 g/mol. The van der Waals surface area contributed by atoms with Gasteiger partial charge in [0.15, 0.2) is 0 Å². The van der Waals surface area contributed by atoms with Crippen LogP contribution in [0.5, 0.6) is 5.75 Å². The summed E-state index contributed by atoms with van der Waals surface area (Å²) in [5.41, 5.74) is 1.21. The SMILES string of the molecule is Cc1csc(CCCNC(=O)[C@@H]2CC(=O)N[C@H](CC(C)C)C(=O)N[C@H](CC(C)C)COc3ccccc3C(=O)N2)n1. The highest BCUT2D eigenvalue weighted by Crippen LogP contribution is 2.20. The normalized spacial score (nSPS) is 20.4. The molecule has 0 saturated carbocycles. The molecule has 1 aromatic heterocycles. The highest BCUT2D eigenvalue weighted by atomic mass is 32.1. The Morgan fingerprint density at radius 3 is 2.49 bits per heavy atom. The van der Waals surface area contributed by atoms with E-state index >= 15 is 0 Å². The van der Waals surface area contributed by atoms with Gasteiger partial charge in [-0.1, -0.05) is 39.8 Å². The van der Waals surface area contributed by atoms with E-state index in [9.17, 15) is 19.2 Å². The standard InChI is InChI=1S/C30H43N5O5S/c1-18(2)13-21-16-40-25-10-7-6-9-22(25)28(37)35-24(15-26(36)34-23(14-19(3)4)30(39)33-21)29(38)31-12-8-11-27-32-20(5)17-41-27/h6-7,9-10,17-19,21,23-24H,8,11-16H2,1-5H3,(H,31,38)(H,33,39)(H,34,36)(H,35,37)/t21-,23-,24+/m1/s1. The number of hydrogen-bond donors (Lipinski definition) is 4. The minimum Gasteiger partial charge on any atom is -0.491 e. The minimum atomic E-state index is -1.14. The van der Waals surface area contributed by atoms with Crippen molar-refractivity contribution >= 4 is 35.0 Å². The Hall–Kier alpha value is -3.47. The number of thiazole rings is 1. The zero-order chi connectivity index (χ0) is 29.9. The molecule has 0 bridgehead atoms. The molecule has 11 heteroatoms. The van der Waals surface area contributed by atoms with E-state index in [1.54, 1.807) is 35.6 Å². The zero-order valence-corrected chi connectivity index (χ0v) is 25.4. The lowest BCUT2D eigenvalue weighted by molar-refractivity contribution is -0.131. The van der Waals surface area contributed by atoms with Gasteiger partial charge in [-0.05, 0) is 50.2 Å². The summed E-state index contributed by atoms with van der Waals surface area (Å²) in [7, 11) is 0. The second-order valence-electron chi connectivity index (χ2n) is 11.4. The Morgan fingerprint density at radius 1 is 1.07 bits per heavy atom. The molecule has 1 aliphatic rings. The number of fused-ring (bicyclic) bond motifs is 1. The molecule has 224 valence electrons. The first-order chi connectivity index (χ1) is 19.5. The number of rotatable bonds is 9. The van der Waals surface area contributed by atoms with Gasteiger partial charge in [-0.15, -0.1) is 11.3 Å². The summed E-state index contributed by atoms with van der Waals surface area (Å²) in [6.45, 7) is 10.5. The van der Waals surface area contributed by atoms with Crippen molar-refractivity contribution in [3.05, 3.63) is 45.9 Å². The molecule has 2 heterocycles. The fourth-order valence-corrected chi connectivity index (χ4v) is 5.51. The summed E-state index contributed by atoms with van der Waals surface area (Å²) in [5, 5.41) is 14.4. The van der Waals surface area contributed by atoms with Gasteiger partial charge < -0.3 is 26.0 Å². The van der Waals surface area contributed by atoms with Gasteiger partial charge in [-0.25, -0.2) is 4.98 Å². The van der Waals surface area contributed by atoms with Gasteiger partial charge in [0.05, 0.1) is 23.0 Å². The van der Waals surface area contributed by atoms with E-state index < -0.39 is 29.8 Å². The third-order valence-electron chi connectivity index (χ3n) is 6.58. The summed E-state index contributed by atoms with van der Waals surface area (Å²) in [5.74, 6) is -1.03. The monoisotopic (exact) mass is 585 g/mol. The van der Waals surface area contributed by atoms with Crippen LogP contribution in [-0.2, 0) is 20.8 Å². The number of carbonyl (C=O) groups excluding carboxylic acids is 4. The number of aryl methyl sites for hydroxylation is 2. The molecular formula is C30H43N5O5S. The summed E-state index contributed by atoms with van der Waals surface area (Å²) >= 11 is 1.58. The van der Waals surface area contributed by atoms with Crippen molar-refractivity contribution in [2.75, 3.05) is 13.2 Å². The minimum absolute atomic E-state index is 0.136. The number of hydrogen-bond acceptors (Lipinski definition) is 7. The van der Waals surface area contributed by atoms with E-state index in [0.29, 0.717) is 38.0 Å². The Balaban J connectivity index is 1.81. The van der Waals surface area contributed by atoms with Gasteiger partial charge >= 0.3 is 0 Å². The van der Waals surface area contributed by atoms with Crippen molar-refractivity contribution in [3.8, 4) is 5.75 Å². The van der Waals surface area contributed by atoms with Crippen molar-refractivity contribution < 1.29 is 23.9 Å². The second kappa shape index (κ2) is 15.5. The van der Waals surface area contributed by atoms with E-state index in [1.165, 1.54) is 0 Å². The van der Waals surface area contributed by atoms with Gasteiger partial charge in [0.1, 0.15) is 24.4 Å². The van der Waals surface area contributed by atoms with E-state index in [4.69, 9.17) is 4.74 Å². The van der Waals surface area contributed by atoms with Crippen LogP contribution in [0.2, 0.25) is 0 Å². The topological polar surface area (TPSA) is 139 Å². The number of amides is 4. The highest BCUT2D eigenvalue weighted by molar-refractivity contribution is 7.09. The lowest BCUT2D eigenvalue weighted by Gasteiger charge is -2.27. The van der Waals surface area contributed by atoms with Crippen LogP contribution in [0.25, 0.3) is 0 Å². The summed E-state index contributed by atoms with van der Waals surface area (Å²) in [4.78, 5) is 57.5. The molecule has 0 saturated heterocycles. The van der Waals surface area contributed by atoms with E-state index in [2.05, 4.69) is 40.1 Å². The average Bonchev–Trinajstić information content (AvgIpc) is 3.32. The molecule has 4 N–H and O–H groups in total. The lowest BCUT2D eigenvalue weighted by atomic mass is 10.00. The fraction of sp³-hybridized carbons (Fsp3) is 0.567. The van der Waals surface area contributed by atoms with Crippen LogP contribution in [0.1, 0.15) is 74.4 Å². The van der Waals surface area contributed by atoms with E-state index in [0.717, 1.165) is 10.7 Å². The molecule has 0 radical (unpaired) electrons. The first-order valence-electron chi connectivity index (χ1n) is 14.3. The first-order valence-corrected chi connectivity index (χ1v) is 15.2. The van der Waals surface area contributed by atoms with Crippen LogP contribution >= 0.6 is 11.3 Å². The molecule has 0 aliphatic carbocycles. The maximum absolute atomic E-state index is 13.4. The van der Waals surface area contributed by atoms with Gasteiger partial charge in [-0.3, -0.25) is 19.2 Å². The Labute approximate surface area is 246 Å². The number of carbonyl (C=O) groups is 4. The van der Waals surface area contributed by atoms with Crippen LogP contribution in [0.3, 0.4) is 0 Å². The van der Waals surface area contributed by atoms with E-state index in [-0.39, 0.29) is 42.4 Å². The van der Waals surface area contributed by atoms with Crippen LogP contribution in [0.4, 0.5) is 0 Å². The predicted octanol–water partition coefficient (Wildman–Crippen LogP) is 3.14. The summed E-state index contributed by atoms with van der Waals surface area (Å²) in [6, 6.07) is 4.50. The largest absolute Gasteiger partial charge is 0.491 e. The second-order valence-corrected chi connectivity index (χ2v) is 12.3. The third kappa shape index (κ3) is 10.5.